The second-order valence-corrected chi connectivity index (χ2v) is 5.80. The number of allylic oxidation sites excluding steroid dienone is 1. The van der Waals surface area contributed by atoms with Crippen LogP contribution in [0.2, 0.25) is 0 Å². The summed E-state index contributed by atoms with van der Waals surface area (Å²) >= 11 is 3.36. The van der Waals surface area contributed by atoms with Crippen molar-refractivity contribution in [1.82, 2.24) is 4.98 Å². The zero-order valence-electron chi connectivity index (χ0n) is 14.3. The first-order valence-electron chi connectivity index (χ1n) is 7.69. The molecule has 0 amide bonds. The molecule has 0 N–H and O–H groups in total. The van der Waals surface area contributed by atoms with E-state index < -0.39 is 11.9 Å². The van der Waals surface area contributed by atoms with Crippen molar-refractivity contribution in [2.45, 2.75) is 34.1 Å². The van der Waals surface area contributed by atoms with E-state index in [9.17, 15) is 9.59 Å². The Labute approximate surface area is 150 Å². The Bertz CT molecular complexity index is 607. The molecule has 0 radical (unpaired) electrons. The van der Waals surface area contributed by atoms with E-state index in [4.69, 9.17) is 14.2 Å². The average molecular weight is 400 g/mol. The highest BCUT2D eigenvalue weighted by molar-refractivity contribution is 9.10. The molecule has 0 saturated carbocycles. The van der Waals surface area contributed by atoms with E-state index in [-0.39, 0.29) is 31.2 Å². The number of halogens is 1. The van der Waals surface area contributed by atoms with Crippen LogP contribution in [0.15, 0.2) is 28.1 Å². The molecule has 6 nitrogen and oxygen atoms in total. The predicted molar refractivity (Wildman–Crippen MR) is 92.3 cm³/mol. The first-order chi connectivity index (χ1) is 11.4. The molecule has 0 atom stereocenters. The minimum atomic E-state index is -0.744. The standard InChI is InChI=1S/C17H22BrNO5/c1-5-22-16(20)15(17(21)23-6-2)12(4)24-8-7-14-11(3)9-13(18)10-19-14/h9-10H,5-8H2,1-4H3. The van der Waals surface area contributed by atoms with E-state index in [1.165, 1.54) is 0 Å². The molecular formula is C17H22BrNO5. The number of carbonyl (C=O) groups is 2. The fraction of sp³-hybridized carbons (Fsp3) is 0.471. The Hall–Kier alpha value is -1.89. The molecule has 0 unspecified atom stereocenters. The molecule has 0 saturated heterocycles. The maximum absolute atomic E-state index is 11.9. The maximum Gasteiger partial charge on any atom is 0.349 e. The van der Waals surface area contributed by atoms with E-state index >= 15 is 0 Å². The Morgan fingerprint density at radius 2 is 1.71 bits per heavy atom. The Morgan fingerprint density at radius 3 is 2.21 bits per heavy atom. The molecule has 0 bridgehead atoms. The quantitative estimate of drug-likeness (QED) is 0.220. The maximum atomic E-state index is 11.9. The molecule has 1 aromatic rings. The zero-order valence-corrected chi connectivity index (χ0v) is 15.9. The van der Waals surface area contributed by atoms with Gasteiger partial charge in [-0.2, -0.15) is 0 Å². The Morgan fingerprint density at radius 1 is 1.12 bits per heavy atom. The Kier molecular flexibility index (Phi) is 8.46. The van der Waals surface area contributed by atoms with Gasteiger partial charge < -0.3 is 14.2 Å². The van der Waals surface area contributed by atoms with Gasteiger partial charge in [-0.25, -0.2) is 9.59 Å². The topological polar surface area (TPSA) is 74.7 Å². The van der Waals surface area contributed by atoms with Gasteiger partial charge in [-0.1, -0.05) is 0 Å². The SMILES string of the molecule is CCOC(=O)C(C(=O)OCC)=C(C)OCCc1ncc(Br)cc1C. The van der Waals surface area contributed by atoms with Gasteiger partial charge in [-0.15, -0.1) is 0 Å². The number of nitrogens with zero attached hydrogens (tertiary/aromatic N) is 1. The summed E-state index contributed by atoms with van der Waals surface area (Å²) in [5.74, 6) is -1.31. The monoisotopic (exact) mass is 399 g/mol. The van der Waals surface area contributed by atoms with E-state index in [0.717, 1.165) is 15.7 Å². The molecule has 24 heavy (non-hydrogen) atoms. The van der Waals surface area contributed by atoms with Crippen LogP contribution in [-0.2, 0) is 30.2 Å². The lowest BCUT2D eigenvalue weighted by Gasteiger charge is -2.12. The highest BCUT2D eigenvalue weighted by Gasteiger charge is 2.25. The van der Waals surface area contributed by atoms with Crippen LogP contribution in [0.25, 0.3) is 0 Å². The van der Waals surface area contributed by atoms with E-state index in [1.54, 1.807) is 27.0 Å². The molecule has 1 heterocycles. The Balaban J connectivity index is 2.80. The summed E-state index contributed by atoms with van der Waals surface area (Å²) in [6.45, 7) is 7.44. The number of esters is 2. The van der Waals surface area contributed by atoms with Crippen LogP contribution in [-0.4, -0.2) is 36.7 Å². The van der Waals surface area contributed by atoms with Crippen LogP contribution in [0, 0.1) is 6.92 Å². The van der Waals surface area contributed by atoms with Gasteiger partial charge in [0.05, 0.1) is 19.8 Å². The first kappa shape index (κ1) is 20.2. The van der Waals surface area contributed by atoms with Crippen molar-refractivity contribution >= 4 is 27.9 Å². The number of pyridine rings is 1. The van der Waals surface area contributed by atoms with Gasteiger partial charge in [-0.05, 0) is 55.3 Å². The summed E-state index contributed by atoms with van der Waals surface area (Å²) in [7, 11) is 0. The molecule has 0 aliphatic carbocycles. The van der Waals surface area contributed by atoms with Gasteiger partial charge in [-0.3, -0.25) is 4.98 Å². The lowest BCUT2D eigenvalue weighted by molar-refractivity contribution is -0.147. The first-order valence-corrected chi connectivity index (χ1v) is 8.48. The lowest BCUT2D eigenvalue weighted by Crippen LogP contribution is -2.21. The highest BCUT2D eigenvalue weighted by atomic mass is 79.9. The zero-order chi connectivity index (χ0) is 18.1. The largest absolute Gasteiger partial charge is 0.497 e. The minimum absolute atomic E-state index is 0.164. The molecule has 7 heteroatoms. The minimum Gasteiger partial charge on any atom is -0.497 e. The molecule has 0 aliphatic rings. The van der Waals surface area contributed by atoms with Crippen LogP contribution < -0.4 is 0 Å². The van der Waals surface area contributed by atoms with E-state index in [2.05, 4.69) is 20.9 Å². The van der Waals surface area contributed by atoms with Crippen molar-refractivity contribution in [3.63, 3.8) is 0 Å². The fourth-order valence-electron chi connectivity index (χ4n) is 1.98. The van der Waals surface area contributed by atoms with Crippen LogP contribution in [0.3, 0.4) is 0 Å². The molecule has 0 spiro atoms. The predicted octanol–water partition coefficient (Wildman–Crippen LogP) is 3.11. The fourth-order valence-corrected chi connectivity index (χ4v) is 2.43. The second kappa shape index (κ2) is 10.1. The van der Waals surface area contributed by atoms with Crippen molar-refractivity contribution < 1.29 is 23.8 Å². The highest BCUT2D eigenvalue weighted by Crippen LogP contribution is 2.15. The van der Waals surface area contributed by atoms with Crippen LogP contribution in [0.4, 0.5) is 0 Å². The van der Waals surface area contributed by atoms with Crippen molar-refractivity contribution in [2.24, 2.45) is 0 Å². The van der Waals surface area contributed by atoms with Gasteiger partial charge in [0.1, 0.15) is 5.76 Å². The second-order valence-electron chi connectivity index (χ2n) is 4.89. The van der Waals surface area contributed by atoms with E-state index in [0.29, 0.717) is 6.42 Å². The van der Waals surface area contributed by atoms with Crippen LogP contribution >= 0.6 is 15.9 Å². The average Bonchev–Trinajstić information content (AvgIpc) is 2.50. The third-order valence-corrected chi connectivity index (χ3v) is 3.56. The van der Waals surface area contributed by atoms with Crippen molar-refractivity contribution in [3.8, 4) is 0 Å². The third kappa shape index (κ3) is 5.96. The molecular weight excluding hydrogens is 378 g/mol. The van der Waals surface area contributed by atoms with Crippen molar-refractivity contribution in [3.05, 3.63) is 39.3 Å². The number of aromatic nitrogens is 1. The number of ether oxygens (including phenoxy) is 3. The van der Waals surface area contributed by atoms with Crippen molar-refractivity contribution in [1.29, 1.82) is 0 Å². The number of carbonyl (C=O) groups excluding carboxylic acids is 2. The van der Waals surface area contributed by atoms with Gasteiger partial charge in [0.2, 0.25) is 0 Å². The van der Waals surface area contributed by atoms with Gasteiger partial charge >= 0.3 is 11.9 Å². The summed E-state index contributed by atoms with van der Waals surface area (Å²) in [6, 6.07) is 1.97. The summed E-state index contributed by atoms with van der Waals surface area (Å²) in [6.07, 6.45) is 2.27. The van der Waals surface area contributed by atoms with Gasteiger partial charge in [0.25, 0.3) is 0 Å². The van der Waals surface area contributed by atoms with Gasteiger partial charge in [0.15, 0.2) is 5.57 Å². The number of rotatable bonds is 8. The molecule has 1 rings (SSSR count). The summed E-state index contributed by atoms with van der Waals surface area (Å²) in [5, 5.41) is 0. The normalized spacial score (nSPS) is 10.0. The van der Waals surface area contributed by atoms with Crippen LogP contribution in [0.5, 0.6) is 0 Å². The lowest BCUT2D eigenvalue weighted by atomic mass is 10.2. The summed E-state index contributed by atoms with van der Waals surface area (Å²) in [5.41, 5.74) is 1.71. The molecule has 0 fully saturated rings. The van der Waals surface area contributed by atoms with Crippen molar-refractivity contribution in [2.75, 3.05) is 19.8 Å². The molecule has 1 aromatic heterocycles. The van der Waals surface area contributed by atoms with Gasteiger partial charge in [0, 0.05) is 22.8 Å². The summed E-state index contributed by atoms with van der Waals surface area (Å²) in [4.78, 5) is 28.2. The smallest absolute Gasteiger partial charge is 0.349 e. The van der Waals surface area contributed by atoms with Crippen LogP contribution in [0.1, 0.15) is 32.0 Å². The number of aryl methyl sites for hydroxylation is 1. The molecule has 132 valence electrons. The number of hydrogen-bond donors (Lipinski definition) is 0. The third-order valence-electron chi connectivity index (χ3n) is 3.12. The summed E-state index contributed by atoms with van der Waals surface area (Å²) < 4.78 is 16.3. The number of hydrogen-bond acceptors (Lipinski definition) is 6. The van der Waals surface area contributed by atoms with E-state index in [1.807, 2.05) is 13.0 Å². The molecule has 0 aromatic carbocycles. The molecule has 0 aliphatic heterocycles.